The second-order valence-electron chi connectivity index (χ2n) is 7.25. The van der Waals surface area contributed by atoms with E-state index >= 15 is 0 Å². The highest BCUT2D eigenvalue weighted by Crippen LogP contribution is 2.36. The van der Waals surface area contributed by atoms with Gasteiger partial charge in [-0.2, -0.15) is 0 Å². The maximum Gasteiger partial charge on any atom is 0.126 e. The van der Waals surface area contributed by atoms with Crippen LogP contribution in [-0.4, -0.2) is 31.7 Å². The highest BCUT2D eigenvalue weighted by atomic mass is 16.3. The summed E-state index contributed by atoms with van der Waals surface area (Å²) in [7, 11) is 3.87. The van der Waals surface area contributed by atoms with Crippen molar-refractivity contribution >= 4 is 27.6 Å². The van der Waals surface area contributed by atoms with Crippen LogP contribution >= 0.6 is 0 Å². The Morgan fingerprint density at radius 2 is 1.93 bits per heavy atom. The van der Waals surface area contributed by atoms with Crippen LogP contribution in [0.25, 0.3) is 32.9 Å². The second-order valence-corrected chi connectivity index (χ2v) is 7.25. The zero-order valence-corrected chi connectivity index (χ0v) is 16.7. The topological polar surface area (TPSA) is 75.9 Å². The number of anilines is 1. The minimum Gasteiger partial charge on any atom is -0.387 e. The van der Waals surface area contributed by atoms with Gasteiger partial charge in [0, 0.05) is 48.4 Å². The average molecular weight is 375 g/mol. The van der Waals surface area contributed by atoms with E-state index in [4.69, 9.17) is 0 Å². The Balaban J connectivity index is 1.94. The first-order valence-corrected chi connectivity index (χ1v) is 9.60. The van der Waals surface area contributed by atoms with Crippen molar-refractivity contribution in [3.05, 3.63) is 48.2 Å². The quantitative estimate of drug-likeness (QED) is 0.542. The highest BCUT2D eigenvalue weighted by molar-refractivity contribution is 6.11. The Labute approximate surface area is 164 Å². The van der Waals surface area contributed by atoms with E-state index in [1.54, 1.807) is 0 Å². The average Bonchev–Trinajstić information content (AvgIpc) is 3.09. The summed E-state index contributed by atoms with van der Waals surface area (Å²) in [5.41, 5.74) is 5.86. The van der Waals surface area contributed by atoms with E-state index < -0.39 is 6.10 Å². The maximum absolute atomic E-state index is 10.3. The number of fused-ring (bicyclic) bond motifs is 3. The Bertz CT molecular complexity index is 1160. The van der Waals surface area contributed by atoms with Crippen molar-refractivity contribution in [1.29, 1.82) is 0 Å². The summed E-state index contributed by atoms with van der Waals surface area (Å²) in [6.45, 7) is 4.12. The molecule has 4 aromatic rings. The van der Waals surface area contributed by atoms with E-state index in [9.17, 15) is 5.11 Å². The molecule has 0 bridgehead atoms. The fraction of sp³-hybridized carbons (Fsp3) is 0.318. The molecule has 1 unspecified atom stereocenters. The SMILES string of the molecule is CCCC(O)c1cc(C)c(-c2cc3cnc(NC)cc3c3c2ncn3C)cn1. The molecule has 6 nitrogen and oxygen atoms in total. The molecule has 0 aliphatic rings. The summed E-state index contributed by atoms with van der Waals surface area (Å²) in [6, 6.07) is 6.17. The molecule has 0 aliphatic heterocycles. The van der Waals surface area contributed by atoms with E-state index in [1.807, 2.05) is 43.4 Å². The Kier molecular flexibility index (Phi) is 4.73. The molecular formula is C22H25N5O. The van der Waals surface area contributed by atoms with E-state index in [2.05, 4.69) is 46.2 Å². The summed E-state index contributed by atoms with van der Waals surface area (Å²) in [5.74, 6) is 0.829. The van der Waals surface area contributed by atoms with Crippen LogP contribution in [0.5, 0.6) is 0 Å². The molecule has 2 N–H and O–H groups in total. The van der Waals surface area contributed by atoms with Gasteiger partial charge in [0.2, 0.25) is 0 Å². The van der Waals surface area contributed by atoms with Crippen molar-refractivity contribution < 1.29 is 5.11 Å². The number of aliphatic hydroxyl groups is 1. The van der Waals surface area contributed by atoms with E-state index in [0.29, 0.717) is 6.42 Å². The number of imidazole rings is 1. The molecule has 144 valence electrons. The molecule has 0 fully saturated rings. The Hall–Kier alpha value is -2.99. The molecule has 0 saturated heterocycles. The third-order valence-corrected chi connectivity index (χ3v) is 5.26. The smallest absolute Gasteiger partial charge is 0.126 e. The second kappa shape index (κ2) is 7.20. The molecular weight excluding hydrogens is 350 g/mol. The van der Waals surface area contributed by atoms with Crippen LogP contribution in [0.3, 0.4) is 0 Å². The van der Waals surface area contributed by atoms with E-state index in [1.165, 1.54) is 0 Å². The van der Waals surface area contributed by atoms with E-state index in [-0.39, 0.29) is 0 Å². The largest absolute Gasteiger partial charge is 0.387 e. The summed E-state index contributed by atoms with van der Waals surface area (Å²) in [5, 5.41) is 15.5. The molecule has 1 atom stereocenters. The van der Waals surface area contributed by atoms with Crippen molar-refractivity contribution in [1.82, 2.24) is 19.5 Å². The number of aromatic nitrogens is 4. The zero-order valence-electron chi connectivity index (χ0n) is 16.7. The van der Waals surface area contributed by atoms with Crippen molar-refractivity contribution in [3.8, 4) is 11.1 Å². The normalized spacial score (nSPS) is 12.6. The minimum atomic E-state index is -0.520. The first-order valence-electron chi connectivity index (χ1n) is 9.60. The molecule has 0 spiro atoms. The van der Waals surface area contributed by atoms with Crippen LogP contribution in [0, 0.1) is 6.92 Å². The van der Waals surface area contributed by atoms with Crippen molar-refractivity contribution in [2.24, 2.45) is 7.05 Å². The van der Waals surface area contributed by atoms with Crippen molar-refractivity contribution in [2.75, 3.05) is 12.4 Å². The molecule has 0 saturated carbocycles. The summed E-state index contributed by atoms with van der Waals surface area (Å²) in [6.07, 6.45) is 6.70. The number of hydrogen-bond donors (Lipinski definition) is 2. The number of aryl methyl sites for hydroxylation is 2. The van der Waals surface area contributed by atoms with Crippen molar-refractivity contribution in [3.63, 3.8) is 0 Å². The Morgan fingerprint density at radius 1 is 1.11 bits per heavy atom. The van der Waals surface area contributed by atoms with Gasteiger partial charge in [0.15, 0.2) is 0 Å². The first kappa shape index (κ1) is 18.4. The number of benzene rings is 1. The molecule has 3 aromatic heterocycles. The van der Waals surface area contributed by atoms with Crippen molar-refractivity contribution in [2.45, 2.75) is 32.8 Å². The lowest BCUT2D eigenvalue weighted by Gasteiger charge is -2.14. The summed E-state index contributed by atoms with van der Waals surface area (Å²) >= 11 is 0. The Morgan fingerprint density at radius 3 is 2.64 bits per heavy atom. The number of nitrogens with one attached hydrogen (secondary N) is 1. The van der Waals surface area contributed by atoms with Crippen LogP contribution in [0.2, 0.25) is 0 Å². The molecule has 1 aromatic carbocycles. The fourth-order valence-electron chi connectivity index (χ4n) is 3.76. The lowest BCUT2D eigenvalue weighted by Crippen LogP contribution is -2.01. The fourth-order valence-corrected chi connectivity index (χ4v) is 3.76. The molecule has 0 radical (unpaired) electrons. The molecule has 3 heterocycles. The number of aliphatic hydroxyl groups excluding tert-OH is 1. The van der Waals surface area contributed by atoms with Gasteiger partial charge in [-0.25, -0.2) is 9.97 Å². The molecule has 4 rings (SSSR count). The van der Waals surface area contributed by atoms with Crippen LogP contribution in [0.4, 0.5) is 5.82 Å². The predicted octanol–water partition coefficient (Wildman–Crippen LogP) is 4.37. The van der Waals surface area contributed by atoms with Gasteiger partial charge in [-0.05, 0) is 37.1 Å². The monoisotopic (exact) mass is 375 g/mol. The highest BCUT2D eigenvalue weighted by Gasteiger charge is 2.17. The molecule has 6 heteroatoms. The number of pyridine rings is 2. The zero-order chi connectivity index (χ0) is 19.8. The van der Waals surface area contributed by atoms with Gasteiger partial charge < -0.3 is 15.0 Å². The molecule has 0 amide bonds. The van der Waals surface area contributed by atoms with Crippen LogP contribution in [0.1, 0.15) is 37.1 Å². The van der Waals surface area contributed by atoms with Crippen LogP contribution in [0.15, 0.2) is 36.9 Å². The van der Waals surface area contributed by atoms with Gasteiger partial charge in [0.25, 0.3) is 0 Å². The van der Waals surface area contributed by atoms with Crippen LogP contribution < -0.4 is 5.32 Å². The maximum atomic E-state index is 10.3. The predicted molar refractivity (Wildman–Crippen MR) is 113 cm³/mol. The summed E-state index contributed by atoms with van der Waals surface area (Å²) in [4.78, 5) is 13.7. The number of hydrogen-bond acceptors (Lipinski definition) is 5. The van der Waals surface area contributed by atoms with E-state index in [0.717, 1.165) is 56.4 Å². The standard InChI is InChI=1S/C22H25N5O/c1-5-6-19(28)18-7-13(2)17(11-24-18)16-8-14-10-25-20(23-3)9-15(14)22-21(16)26-12-27(22)4/h7-12,19,28H,5-6H2,1-4H3,(H,23,25). The lowest BCUT2D eigenvalue weighted by atomic mass is 9.96. The van der Waals surface area contributed by atoms with Gasteiger partial charge in [-0.1, -0.05) is 13.3 Å². The first-order chi connectivity index (χ1) is 13.5. The van der Waals surface area contributed by atoms with Gasteiger partial charge in [0.1, 0.15) is 5.82 Å². The van der Waals surface area contributed by atoms with Gasteiger partial charge in [-0.15, -0.1) is 0 Å². The molecule has 28 heavy (non-hydrogen) atoms. The molecule has 0 aliphatic carbocycles. The van der Waals surface area contributed by atoms with Gasteiger partial charge in [0.05, 0.1) is 29.2 Å². The minimum absolute atomic E-state index is 0.520. The van der Waals surface area contributed by atoms with Gasteiger partial charge >= 0.3 is 0 Å². The van der Waals surface area contributed by atoms with Crippen LogP contribution in [-0.2, 0) is 7.05 Å². The lowest BCUT2D eigenvalue weighted by molar-refractivity contribution is 0.161. The number of rotatable bonds is 5. The third kappa shape index (κ3) is 2.99. The summed E-state index contributed by atoms with van der Waals surface area (Å²) < 4.78 is 2.04. The third-order valence-electron chi connectivity index (χ3n) is 5.26. The van der Waals surface area contributed by atoms with Gasteiger partial charge in [-0.3, -0.25) is 4.98 Å². The number of nitrogens with zero attached hydrogens (tertiary/aromatic N) is 4.